The van der Waals surface area contributed by atoms with E-state index in [0.717, 1.165) is 0 Å². The van der Waals surface area contributed by atoms with Gasteiger partial charge < -0.3 is 26.0 Å². The lowest BCUT2D eigenvalue weighted by molar-refractivity contribution is -0.146. The first kappa shape index (κ1) is 21.3. The molecule has 0 unspecified atom stereocenters. The van der Waals surface area contributed by atoms with Crippen molar-refractivity contribution in [3.8, 4) is 11.5 Å². The molecular formula is C22H24N2O6. The van der Waals surface area contributed by atoms with Gasteiger partial charge in [0, 0.05) is 17.8 Å². The number of fused-ring (bicyclic) bond motifs is 2. The van der Waals surface area contributed by atoms with Crippen molar-refractivity contribution in [2.24, 2.45) is 11.7 Å². The van der Waals surface area contributed by atoms with Gasteiger partial charge in [0.2, 0.25) is 0 Å². The van der Waals surface area contributed by atoms with Crippen molar-refractivity contribution in [3.05, 3.63) is 52.6 Å². The van der Waals surface area contributed by atoms with Crippen LogP contribution < -0.4 is 11.1 Å². The average Bonchev–Trinajstić information content (AvgIpc) is 2.71. The molecule has 8 nitrogen and oxygen atoms in total. The molecule has 0 saturated carbocycles. The zero-order chi connectivity index (χ0) is 22.0. The molecule has 0 saturated heterocycles. The first-order valence-corrected chi connectivity index (χ1v) is 9.67. The number of aromatic hydroxyl groups is 2. The molecule has 2 aromatic rings. The summed E-state index contributed by atoms with van der Waals surface area (Å²) < 4.78 is 5.14. The van der Waals surface area contributed by atoms with Crippen LogP contribution in [-0.2, 0) is 9.53 Å². The van der Waals surface area contributed by atoms with Crippen molar-refractivity contribution in [1.29, 1.82) is 0 Å². The third-order valence-electron chi connectivity index (χ3n) is 5.02. The summed E-state index contributed by atoms with van der Waals surface area (Å²) in [6.07, 6.45) is 0.441. The fourth-order valence-electron chi connectivity index (χ4n) is 3.27. The average molecular weight is 412 g/mol. The zero-order valence-electron chi connectivity index (χ0n) is 16.8. The van der Waals surface area contributed by atoms with E-state index < -0.39 is 23.6 Å². The molecule has 1 aliphatic carbocycles. The van der Waals surface area contributed by atoms with Crippen LogP contribution in [0.4, 0.5) is 5.69 Å². The Morgan fingerprint density at radius 3 is 2.43 bits per heavy atom. The van der Waals surface area contributed by atoms with Crippen molar-refractivity contribution < 1.29 is 29.3 Å². The summed E-state index contributed by atoms with van der Waals surface area (Å²) >= 11 is 0. The van der Waals surface area contributed by atoms with Gasteiger partial charge >= 0.3 is 5.97 Å². The monoisotopic (exact) mass is 412 g/mol. The molecule has 0 aromatic heterocycles. The molecule has 0 radical (unpaired) electrons. The largest absolute Gasteiger partial charge is 0.507 e. The summed E-state index contributed by atoms with van der Waals surface area (Å²) in [4.78, 5) is 37.6. The van der Waals surface area contributed by atoms with Crippen LogP contribution in [-0.4, -0.2) is 46.9 Å². The summed E-state index contributed by atoms with van der Waals surface area (Å²) in [6, 6.07) is 6.39. The van der Waals surface area contributed by atoms with Crippen LogP contribution in [0.1, 0.15) is 52.1 Å². The SMILES string of the molecule is CC(C)[C@H](N)C(=O)OCCCNc1ccc(O)c2c1C(=O)c1c(O)cccc1C2=O. The number of rotatable bonds is 7. The molecular weight excluding hydrogens is 388 g/mol. The summed E-state index contributed by atoms with van der Waals surface area (Å²) in [6.45, 7) is 4.14. The van der Waals surface area contributed by atoms with E-state index in [1.165, 1.54) is 30.3 Å². The Balaban J connectivity index is 1.75. The fraction of sp³-hybridized carbons (Fsp3) is 0.318. The molecule has 158 valence electrons. The number of hydrogen-bond acceptors (Lipinski definition) is 8. The molecule has 1 atom stereocenters. The number of ether oxygens (including phenoxy) is 1. The van der Waals surface area contributed by atoms with Crippen molar-refractivity contribution in [2.75, 3.05) is 18.5 Å². The van der Waals surface area contributed by atoms with Crippen LogP contribution in [0.3, 0.4) is 0 Å². The number of anilines is 1. The van der Waals surface area contributed by atoms with Crippen molar-refractivity contribution in [2.45, 2.75) is 26.3 Å². The van der Waals surface area contributed by atoms with E-state index in [0.29, 0.717) is 18.7 Å². The van der Waals surface area contributed by atoms with Crippen LogP contribution in [0.2, 0.25) is 0 Å². The molecule has 2 aromatic carbocycles. The maximum absolute atomic E-state index is 13.0. The number of benzene rings is 2. The van der Waals surface area contributed by atoms with Gasteiger partial charge in [-0.1, -0.05) is 26.0 Å². The number of carbonyl (C=O) groups excluding carboxylic acids is 3. The summed E-state index contributed by atoms with van der Waals surface area (Å²) in [7, 11) is 0. The molecule has 1 aliphatic rings. The number of phenolic OH excluding ortho intramolecular Hbond substituents is 2. The second-order valence-electron chi connectivity index (χ2n) is 7.46. The van der Waals surface area contributed by atoms with E-state index in [1.807, 2.05) is 13.8 Å². The maximum atomic E-state index is 13.0. The van der Waals surface area contributed by atoms with E-state index in [9.17, 15) is 24.6 Å². The molecule has 0 spiro atoms. The van der Waals surface area contributed by atoms with Crippen molar-refractivity contribution >= 4 is 23.2 Å². The molecule has 3 rings (SSSR count). The van der Waals surface area contributed by atoms with E-state index in [4.69, 9.17) is 10.5 Å². The minimum absolute atomic E-state index is 0.00725. The van der Waals surface area contributed by atoms with Crippen LogP contribution in [0, 0.1) is 5.92 Å². The lowest BCUT2D eigenvalue weighted by Crippen LogP contribution is -2.37. The molecule has 30 heavy (non-hydrogen) atoms. The number of ketones is 2. The van der Waals surface area contributed by atoms with Crippen LogP contribution in [0.15, 0.2) is 30.3 Å². The minimum atomic E-state index is -0.682. The second kappa shape index (κ2) is 8.54. The fourth-order valence-corrected chi connectivity index (χ4v) is 3.27. The van der Waals surface area contributed by atoms with Crippen molar-refractivity contribution in [3.63, 3.8) is 0 Å². The van der Waals surface area contributed by atoms with E-state index in [2.05, 4.69) is 5.32 Å². The Morgan fingerprint density at radius 2 is 1.73 bits per heavy atom. The number of nitrogens with one attached hydrogen (secondary N) is 1. The van der Waals surface area contributed by atoms with Gasteiger partial charge in [-0.25, -0.2) is 0 Å². The Kier molecular flexibility index (Phi) is 6.07. The van der Waals surface area contributed by atoms with Gasteiger partial charge in [0.1, 0.15) is 17.5 Å². The normalized spacial score (nSPS) is 13.6. The zero-order valence-corrected chi connectivity index (χ0v) is 16.8. The highest BCUT2D eigenvalue weighted by Crippen LogP contribution is 2.39. The highest BCUT2D eigenvalue weighted by atomic mass is 16.5. The smallest absolute Gasteiger partial charge is 0.323 e. The quantitative estimate of drug-likeness (QED) is 0.263. The molecule has 0 amide bonds. The van der Waals surface area contributed by atoms with Crippen LogP contribution in [0.5, 0.6) is 11.5 Å². The third-order valence-corrected chi connectivity index (χ3v) is 5.02. The Bertz CT molecular complexity index is 1010. The lowest BCUT2D eigenvalue weighted by Gasteiger charge is -2.22. The van der Waals surface area contributed by atoms with Gasteiger partial charge in [-0.05, 0) is 30.5 Å². The first-order chi connectivity index (χ1) is 14.2. The predicted octanol–water partition coefficient (Wildman–Crippen LogP) is 2.20. The third kappa shape index (κ3) is 3.86. The standard InChI is InChI=1S/C22H24N2O6/c1-11(2)19(23)22(29)30-10-4-9-24-13-7-8-15(26)18-17(13)21(28)16-12(20(18)27)5-3-6-14(16)25/h3,5-8,11,19,24-26H,4,9-10,23H2,1-2H3/t19-/m0/s1. The van der Waals surface area contributed by atoms with Gasteiger partial charge in [-0.15, -0.1) is 0 Å². The Hall–Kier alpha value is -3.39. The summed E-state index contributed by atoms with van der Waals surface area (Å²) in [5, 5.41) is 23.3. The van der Waals surface area contributed by atoms with Gasteiger partial charge in [-0.2, -0.15) is 0 Å². The molecule has 0 aliphatic heterocycles. The molecule has 0 fully saturated rings. The van der Waals surface area contributed by atoms with E-state index in [-0.39, 0.29) is 46.3 Å². The number of hydrogen-bond donors (Lipinski definition) is 4. The van der Waals surface area contributed by atoms with Crippen LogP contribution in [0.25, 0.3) is 0 Å². The van der Waals surface area contributed by atoms with Gasteiger partial charge in [0.25, 0.3) is 0 Å². The molecule has 0 bridgehead atoms. The summed E-state index contributed by atoms with van der Waals surface area (Å²) in [5.74, 6) is -2.18. The second-order valence-corrected chi connectivity index (χ2v) is 7.46. The van der Waals surface area contributed by atoms with Gasteiger partial charge in [-0.3, -0.25) is 14.4 Å². The van der Waals surface area contributed by atoms with E-state index >= 15 is 0 Å². The van der Waals surface area contributed by atoms with E-state index in [1.54, 1.807) is 0 Å². The maximum Gasteiger partial charge on any atom is 0.323 e. The van der Waals surface area contributed by atoms with Gasteiger partial charge in [0.05, 0.1) is 23.3 Å². The minimum Gasteiger partial charge on any atom is -0.507 e. The number of carbonyl (C=O) groups is 3. The van der Waals surface area contributed by atoms with Gasteiger partial charge in [0.15, 0.2) is 11.6 Å². The Morgan fingerprint density at radius 1 is 1.03 bits per heavy atom. The predicted molar refractivity (Wildman–Crippen MR) is 110 cm³/mol. The highest BCUT2D eigenvalue weighted by molar-refractivity contribution is 6.31. The number of nitrogens with two attached hydrogens (primary N) is 1. The molecule has 8 heteroatoms. The topological polar surface area (TPSA) is 139 Å². The molecule has 5 N–H and O–H groups in total. The van der Waals surface area contributed by atoms with Crippen molar-refractivity contribution in [1.82, 2.24) is 0 Å². The van der Waals surface area contributed by atoms with Crippen LogP contribution >= 0.6 is 0 Å². The summed E-state index contributed by atoms with van der Waals surface area (Å²) in [5.41, 5.74) is 5.95. The highest BCUT2D eigenvalue weighted by Gasteiger charge is 2.35. The first-order valence-electron chi connectivity index (χ1n) is 9.67. The number of phenols is 2. The lowest BCUT2D eigenvalue weighted by atomic mass is 9.82. The number of esters is 1. The molecule has 0 heterocycles. The Labute approximate surface area is 173 Å².